The highest BCUT2D eigenvalue weighted by atomic mass is 35.5. The number of aromatic amines is 1. The van der Waals surface area contributed by atoms with Gasteiger partial charge in [-0.2, -0.15) is 0 Å². The van der Waals surface area contributed by atoms with Gasteiger partial charge in [0.25, 0.3) is 5.91 Å². The number of carbonyl (C=O) groups is 1. The van der Waals surface area contributed by atoms with Gasteiger partial charge in [0.15, 0.2) is 0 Å². The van der Waals surface area contributed by atoms with Crippen LogP contribution >= 0.6 is 11.6 Å². The Morgan fingerprint density at radius 3 is 2.86 bits per heavy atom. The second kappa shape index (κ2) is 5.22. The lowest BCUT2D eigenvalue weighted by molar-refractivity contribution is 0.0827. The Morgan fingerprint density at radius 2 is 2.10 bits per heavy atom. The zero-order chi connectivity index (χ0) is 15.0. The van der Waals surface area contributed by atoms with Crippen molar-refractivity contribution in [3.63, 3.8) is 0 Å². The molecule has 0 fully saturated rings. The van der Waals surface area contributed by atoms with E-state index in [9.17, 15) is 4.79 Å². The van der Waals surface area contributed by atoms with E-state index in [1.54, 1.807) is 25.2 Å². The summed E-state index contributed by atoms with van der Waals surface area (Å²) >= 11 is 6.02. The fourth-order valence-electron chi connectivity index (χ4n) is 2.29. The van der Waals surface area contributed by atoms with Crippen molar-refractivity contribution in [2.75, 3.05) is 14.1 Å². The fourth-order valence-corrected chi connectivity index (χ4v) is 2.45. The molecule has 21 heavy (non-hydrogen) atoms. The van der Waals surface area contributed by atoms with E-state index < -0.39 is 0 Å². The highest BCUT2D eigenvalue weighted by Gasteiger charge is 2.12. The Kier molecular flexibility index (Phi) is 3.39. The summed E-state index contributed by atoms with van der Waals surface area (Å²) < 4.78 is 0. The van der Waals surface area contributed by atoms with Crippen LogP contribution in [0.1, 0.15) is 10.4 Å². The SMILES string of the molecule is CN(C)C(=O)c1cccc(-c2c[nH]c3ncc(Cl)cc23)c1. The molecule has 5 heteroatoms. The monoisotopic (exact) mass is 299 g/mol. The zero-order valence-corrected chi connectivity index (χ0v) is 12.5. The van der Waals surface area contributed by atoms with E-state index in [0.29, 0.717) is 10.6 Å². The number of amides is 1. The number of benzene rings is 1. The summed E-state index contributed by atoms with van der Waals surface area (Å²) in [5.41, 5.74) is 3.37. The maximum Gasteiger partial charge on any atom is 0.253 e. The molecule has 2 heterocycles. The molecule has 0 aliphatic carbocycles. The molecule has 1 N–H and O–H groups in total. The number of halogens is 1. The number of nitrogens with zero attached hydrogens (tertiary/aromatic N) is 2. The molecule has 1 aromatic carbocycles. The highest BCUT2D eigenvalue weighted by molar-refractivity contribution is 6.31. The molecule has 2 aromatic heterocycles. The number of hydrogen-bond donors (Lipinski definition) is 1. The maximum absolute atomic E-state index is 12.1. The predicted octanol–water partition coefficient (Wildman–Crippen LogP) is 3.59. The van der Waals surface area contributed by atoms with Crippen LogP contribution in [0.25, 0.3) is 22.2 Å². The van der Waals surface area contributed by atoms with Gasteiger partial charge in [0.2, 0.25) is 0 Å². The first-order valence-electron chi connectivity index (χ1n) is 6.51. The molecule has 3 rings (SSSR count). The Hall–Kier alpha value is -2.33. The van der Waals surface area contributed by atoms with Crippen LogP contribution in [-0.2, 0) is 0 Å². The number of rotatable bonds is 2. The number of fused-ring (bicyclic) bond motifs is 1. The van der Waals surface area contributed by atoms with Crippen molar-refractivity contribution in [2.45, 2.75) is 0 Å². The molecule has 0 aliphatic heterocycles. The molecule has 0 bridgehead atoms. The standard InChI is InChI=1S/C16H14ClN3O/c1-20(2)16(21)11-5-3-4-10(6-11)14-9-19-15-13(14)7-12(17)8-18-15/h3-9H,1-2H3,(H,18,19). The number of hydrogen-bond acceptors (Lipinski definition) is 2. The molecule has 0 saturated heterocycles. The van der Waals surface area contributed by atoms with E-state index in [1.165, 1.54) is 0 Å². The van der Waals surface area contributed by atoms with Gasteiger partial charge < -0.3 is 9.88 Å². The van der Waals surface area contributed by atoms with E-state index in [-0.39, 0.29) is 5.91 Å². The average Bonchev–Trinajstić information content (AvgIpc) is 2.89. The van der Waals surface area contributed by atoms with Crippen LogP contribution in [0.4, 0.5) is 0 Å². The number of carbonyl (C=O) groups excluding carboxylic acids is 1. The largest absolute Gasteiger partial charge is 0.346 e. The highest BCUT2D eigenvalue weighted by Crippen LogP contribution is 2.29. The molecular weight excluding hydrogens is 286 g/mol. The number of H-pyrrole nitrogens is 1. The van der Waals surface area contributed by atoms with Gasteiger partial charge in [-0.15, -0.1) is 0 Å². The van der Waals surface area contributed by atoms with Crippen LogP contribution in [-0.4, -0.2) is 34.9 Å². The van der Waals surface area contributed by atoms with Crippen LogP contribution < -0.4 is 0 Å². The molecule has 3 aromatic rings. The molecule has 0 spiro atoms. The van der Waals surface area contributed by atoms with Gasteiger partial charge in [-0.3, -0.25) is 4.79 Å². The van der Waals surface area contributed by atoms with Crippen molar-refractivity contribution in [1.29, 1.82) is 0 Å². The van der Waals surface area contributed by atoms with Crippen LogP contribution in [0.3, 0.4) is 0 Å². The summed E-state index contributed by atoms with van der Waals surface area (Å²) in [6.45, 7) is 0. The van der Waals surface area contributed by atoms with Crippen molar-refractivity contribution in [1.82, 2.24) is 14.9 Å². The van der Waals surface area contributed by atoms with Crippen molar-refractivity contribution in [2.24, 2.45) is 0 Å². The molecule has 0 unspecified atom stereocenters. The first-order chi connectivity index (χ1) is 10.1. The summed E-state index contributed by atoms with van der Waals surface area (Å²) in [5, 5.41) is 1.53. The Morgan fingerprint density at radius 1 is 1.29 bits per heavy atom. The van der Waals surface area contributed by atoms with Gasteiger partial charge in [-0.1, -0.05) is 23.7 Å². The minimum atomic E-state index is -0.0205. The minimum Gasteiger partial charge on any atom is -0.346 e. The quantitative estimate of drug-likeness (QED) is 0.786. The fraction of sp³-hybridized carbons (Fsp3) is 0.125. The van der Waals surface area contributed by atoms with Crippen LogP contribution in [0.5, 0.6) is 0 Å². The summed E-state index contributed by atoms with van der Waals surface area (Å²) in [7, 11) is 3.48. The Balaban J connectivity index is 2.13. The van der Waals surface area contributed by atoms with Crippen molar-refractivity contribution in [3.05, 3.63) is 53.3 Å². The maximum atomic E-state index is 12.1. The number of pyridine rings is 1. The summed E-state index contributed by atoms with van der Waals surface area (Å²) in [6.07, 6.45) is 3.49. The first kappa shape index (κ1) is 13.6. The topological polar surface area (TPSA) is 49.0 Å². The van der Waals surface area contributed by atoms with Crippen molar-refractivity contribution in [3.8, 4) is 11.1 Å². The van der Waals surface area contributed by atoms with E-state index in [4.69, 9.17) is 11.6 Å². The third-order valence-electron chi connectivity index (χ3n) is 3.32. The smallest absolute Gasteiger partial charge is 0.253 e. The lowest BCUT2D eigenvalue weighted by Gasteiger charge is -2.11. The molecule has 4 nitrogen and oxygen atoms in total. The van der Waals surface area contributed by atoms with Crippen molar-refractivity contribution < 1.29 is 4.79 Å². The third kappa shape index (κ3) is 2.50. The van der Waals surface area contributed by atoms with Crippen LogP contribution in [0.2, 0.25) is 5.02 Å². The lowest BCUT2D eigenvalue weighted by atomic mass is 10.0. The van der Waals surface area contributed by atoms with Crippen LogP contribution in [0.15, 0.2) is 42.7 Å². The summed E-state index contributed by atoms with van der Waals surface area (Å²) in [6, 6.07) is 9.41. The molecule has 0 radical (unpaired) electrons. The van der Waals surface area contributed by atoms with Gasteiger partial charge in [-0.25, -0.2) is 4.98 Å². The average molecular weight is 300 g/mol. The van der Waals surface area contributed by atoms with E-state index in [2.05, 4.69) is 9.97 Å². The van der Waals surface area contributed by atoms with Crippen molar-refractivity contribution >= 4 is 28.5 Å². The minimum absolute atomic E-state index is 0.0205. The van der Waals surface area contributed by atoms with Gasteiger partial charge in [0.1, 0.15) is 5.65 Å². The summed E-state index contributed by atoms with van der Waals surface area (Å²) in [4.78, 5) is 21.0. The van der Waals surface area contributed by atoms with E-state index in [0.717, 1.165) is 22.2 Å². The molecule has 1 amide bonds. The zero-order valence-electron chi connectivity index (χ0n) is 11.7. The predicted molar refractivity (Wildman–Crippen MR) is 84.6 cm³/mol. The molecule has 0 atom stereocenters. The lowest BCUT2D eigenvalue weighted by Crippen LogP contribution is -2.21. The number of aromatic nitrogens is 2. The molecule has 0 aliphatic rings. The van der Waals surface area contributed by atoms with Gasteiger partial charge >= 0.3 is 0 Å². The molecule has 106 valence electrons. The van der Waals surface area contributed by atoms with E-state index in [1.807, 2.05) is 36.5 Å². The first-order valence-corrected chi connectivity index (χ1v) is 6.89. The second-order valence-corrected chi connectivity index (χ2v) is 5.47. The second-order valence-electron chi connectivity index (χ2n) is 5.03. The van der Waals surface area contributed by atoms with Gasteiger partial charge in [0, 0.05) is 43.0 Å². The Labute approximate surface area is 127 Å². The number of nitrogens with one attached hydrogen (secondary N) is 1. The summed E-state index contributed by atoms with van der Waals surface area (Å²) in [5.74, 6) is -0.0205. The third-order valence-corrected chi connectivity index (χ3v) is 3.53. The van der Waals surface area contributed by atoms with Gasteiger partial charge in [0.05, 0.1) is 5.02 Å². The molecular formula is C16H14ClN3O. The Bertz CT molecular complexity index is 823. The van der Waals surface area contributed by atoms with Gasteiger partial charge in [-0.05, 0) is 23.8 Å². The van der Waals surface area contributed by atoms with E-state index >= 15 is 0 Å². The van der Waals surface area contributed by atoms with Crippen LogP contribution in [0, 0.1) is 0 Å². The molecule has 0 saturated carbocycles. The normalized spacial score (nSPS) is 10.8.